The van der Waals surface area contributed by atoms with E-state index in [1.807, 2.05) is 31.2 Å². The number of aliphatic hydroxyl groups excluding tert-OH is 1. The van der Waals surface area contributed by atoms with E-state index in [0.29, 0.717) is 50.0 Å². The Kier molecular flexibility index (Phi) is 9.37. The van der Waals surface area contributed by atoms with Crippen molar-refractivity contribution < 1.29 is 24.2 Å². The number of aromatic nitrogens is 2. The summed E-state index contributed by atoms with van der Waals surface area (Å²) in [5.41, 5.74) is 2.79. The van der Waals surface area contributed by atoms with Crippen molar-refractivity contribution in [3.05, 3.63) is 98.5 Å². The number of amides is 1. The third kappa shape index (κ3) is 6.56. The molecule has 1 amide bonds. The fraction of sp³-hybridized carbons (Fsp3) is 0.273. The number of ketones is 1. The van der Waals surface area contributed by atoms with E-state index < -0.39 is 17.7 Å². The van der Waals surface area contributed by atoms with Gasteiger partial charge in [-0.15, -0.1) is 10.2 Å². The van der Waals surface area contributed by atoms with Crippen molar-refractivity contribution in [2.45, 2.75) is 55.3 Å². The van der Waals surface area contributed by atoms with Crippen LogP contribution in [0.4, 0.5) is 5.13 Å². The van der Waals surface area contributed by atoms with Crippen molar-refractivity contribution in [2.24, 2.45) is 0 Å². The highest BCUT2D eigenvalue weighted by atomic mass is 35.5. The van der Waals surface area contributed by atoms with Gasteiger partial charge in [-0.1, -0.05) is 77.8 Å². The molecule has 1 aromatic heterocycles. The zero-order valence-corrected chi connectivity index (χ0v) is 27.6. The van der Waals surface area contributed by atoms with Gasteiger partial charge in [0.15, 0.2) is 4.34 Å². The molecule has 3 aromatic carbocycles. The van der Waals surface area contributed by atoms with Crippen molar-refractivity contribution in [3.63, 3.8) is 0 Å². The standard InChI is InChI=1S/C33H29Cl2N3O5S2/c1-3-4-12-42-24-7-5-6-19(15-24)28-27(29(39)20-9-11-26-22(14-20)13-18(2)43-26)30(40)31(41)38(28)32-36-37-33(45-32)44-17-21-8-10-23(34)16-25(21)35/h5-11,14-16,18,28,39H,3-4,12-13,17H2,1-2H3/b29-27+/t18-,28+/m1/s1. The largest absolute Gasteiger partial charge is 0.507 e. The summed E-state index contributed by atoms with van der Waals surface area (Å²) < 4.78 is 12.3. The highest BCUT2D eigenvalue weighted by Gasteiger charge is 2.48. The van der Waals surface area contributed by atoms with Crippen LogP contribution in [0.15, 0.2) is 70.6 Å². The number of hydrogen-bond donors (Lipinski definition) is 1. The van der Waals surface area contributed by atoms with Crippen LogP contribution in [0.1, 0.15) is 55.0 Å². The first-order chi connectivity index (χ1) is 21.7. The second-order valence-electron chi connectivity index (χ2n) is 10.8. The van der Waals surface area contributed by atoms with Gasteiger partial charge in [0, 0.05) is 27.8 Å². The maximum Gasteiger partial charge on any atom is 0.301 e. The first-order valence-corrected chi connectivity index (χ1v) is 17.0. The number of thioether (sulfide) groups is 1. The fourth-order valence-corrected chi connectivity index (χ4v) is 7.74. The Balaban J connectivity index is 1.38. The van der Waals surface area contributed by atoms with Gasteiger partial charge in [-0.25, -0.2) is 0 Å². The summed E-state index contributed by atoms with van der Waals surface area (Å²) in [4.78, 5) is 28.7. The molecule has 4 aromatic rings. The average Bonchev–Trinajstić information content (AvgIpc) is 3.71. The van der Waals surface area contributed by atoms with Crippen LogP contribution in [0.25, 0.3) is 5.76 Å². The summed E-state index contributed by atoms with van der Waals surface area (Å²) in [6.07, 6.45) is 2.55. The minimum absolute atomic E-state index is 0.0126. The fourth-order valence-electron chi connectivity index (χ4n) is 5.32. The van der Waals surface area contributed by atoms with Gasteiger partial charge in [0.05, 0.1) is 18.2 Å². The zero-order valence-electron chi connectivity index (χ0n) is 24.5. The van der Waals surface area contributed by atoms with Crippen molar-refractivity contribution in [1.29, 1.82) is 0 Å². The number of aliphatic hydroxyl groups is 1. The maximum absolute atomic E-state index is 13.7. The third-order valence-electron chi connectivity index (χ3n) is 7.52. The van der Waals surface area contributed by atoms with E-state index in [4.69, 9.17) is 32.7 Å². The van der Waals surface area contributed by atoms with E-state index >= 15 is 0 Å². The molecule has 3 heterocycles. The molecule has 1 fully saturated rings. The van der Waals surface area contributed by atoms with Crippen LogP contribution in [0.2, 0.25) is 10.0 Å². The van der Waals surface area contributed by atoms with Gasteiger partial charge in [-0.05, 0) is 72.5 Å². The Morgan fingerprint density at radius 3 is 2.78 bits per heavy atom. The first-order valence-electron chi connectivity index (χ1n) is 14.5. The number of rotatable bonds is 10. The van der Waals surface area contributed by atoms with Gasteiger partial charge in [-0.2, -0.15) is 0 Å². The SMILES string of the molecule is CCCCOc1cccc([C@H]2/C(=C(\O)c3ccc4c(c3)C[C@@H](C)O4)C(=O)C(=O)N2c2nnc(SCc3ccc(Cl)cc3Cl)s2)c1. The molecule has 0 bridgehead atoms. The Hall–Kier alpha value is -3.57. The number of Topliss-reactive ketones (excluding diaryl/α,β-unsaturated/α-hetero) is 1. The predicted molar refractivity (Wildman–Crippen MR) is 178 cm³/mol. The zero-order chi connectivity index (χ0) is 31.7. The van der Waals surface area contributed by atoms with E-state index in [-0.39, 0.29) is 22.6 Å². The highest BCUT2D eigenvalue weighted by Crippen LogP contribution is 2.45. The lowest BCUT2D eigenvalue weighted by Crippen LogP contribution is -2.29. The van der Waals surface area contributed by atoms with Crippen molar-refractivity contribution in [1.82, 2.24) is 10.2 Å². The molecule has 1 saturated heterocycles. The van der Waals surface area contributed by atoms with Crippen LogP contribution in [0.5, 0.6) is 11.5 Å². The van der Waals surface area contributed by atoms with Gasteiger partial charge >= 0.3 is 5.91 Å². The topological polar surface area (TPSA) is 102 Å². The molecular weight excluding hydrogens is 653 g/mol. The van der Waals surface area contributed by atoms with Gasteiger partial charge in [0.25, 0.3) is 5.78 Å². The molecular formula is C33H29Cl2N3O5S2. The van der Waals surface area contributed by atoms with Crippen LogP contribution in [0, 0.1) is 0 Å². The molecule has 0 unspecified atom stereocenters. The molecule has 2 aliphatic rings. The lowest BCUT2D eigenvalue weighted by atomic mass is 9.94. The Morgan fingerprint density at radius 1 is 1.13 bits per heavy atom. The molecule has 12 heteroatoms. The quantitative estimate of drug-likeness (QED) is 0.0446. The Labute approximate surface area is 279 Å². The summed E-state index contributed by atoms with van der Waals surface area (Å²) in [5.74, 6) is -0.0278. The molecule has 8 nitrogen and oxygen atoms in total. The number of carbonyl (C=O) groups excluding carboxylic acids is 2. The number of halogens is 2. The van der Waals surface area contributed by atoms with Crippen LogP contribution in [-0.4, -0.2) is 39.7 Å². The van der Waals surface area contributed by atoms with Crippen LogP contribution >= 0.6 is 46.3 Å². The number of fused-ring (bicyclic) bond motifs is 1. The minimum Gasteiger partial charge on any atom is -0.507 e. The van der Waals surface area contributed by atoms with Gasteiger partial charge < -0.3 is 14.6 Å². The molecule has 0 spiro atoms. The molecule has 0 aliphatic carbocycles. The van der Waals surface area contributed by atoms with E-state index in [1.165, 1.54) is 28.0 Å². The maximum atomic E-state index is 13.7. The van der Waals surface area contributed by atoms with E-state index in [0.717, 1.165) is 29.7 Å². The van der Waals surface area contributed by atoms with Gasteiger partial charge in [0.2, 0.25) is 5.13 Å². The van der Waals surface area contributed by atoms with E-state index in [2.05, 4.69) is 17.1 Å². The van der Waals surface area contributed by atoms with E-state index in [9.17, 15) is 14.7 Å². The second-order valence-corrected chi connectivity index (χ2v) is 13.8. The van der Waals surface area contributed by atoms with Gasteiger partial charge in [-0.3, -0.25) is 14.5 Å². The lowest BCUT2D eigenvalue weighted by Gasteiger charge is -2.23. The first kappa shape index (κ1) is 31.4. The monoisotopic (exact) mass is 681 g/mol. The summed E-state index contributed by atoms with van der Waals surface area (Å²) >= 11 is 15.0. The minimum atomic E-state index is -0.959. The summed E-state index contributed by atoms with van der Waals surface area (Å²) in [6.45, 7) is 4.58. The summed E-state index contributed by atoms with van der Waals surface area (Å²) in [5, 5.41) is 21.6. The van der Waals surface area contributed by atoms with Gasteiger partial charge in [0.1, 0.15) is 23.4 Å². The number of nitrogens with zero attached hydrogens (tertiary/aromatic N) is 3. The summed E-state index contributed by atoms with van der Waals surface area (Å²) in [7, 11) is 0. The molecule has 45 heavy (non-hydrogen) atoms. The molecule has 6 rings (SSSR count). The number of benzene rings is 3. The number of ether oxygens (including phenoxy) is 2. The van der Waals surface area contributed by atoms with Crippen LogP contribution < -0.4 is 14.4 Å². The molecule has 0 saturated carbocycles. The normalized spacial score (nSPS) is 18.7. The number of carbonyl (C=O) groups is 2. The highest BCUT2D eigenvalue weighted by molar-refractivity contribution is 8.00. The molecule has 0 radical (unpaired) electrons. The van der Waals surface area contributed by atoms with Crippen LogP contribution in [0.3, 0.4) is 0 Å². The second kappa shape index (κ2) is 13.4. The van der Waals surface area contributed by atoms with Crippen molar-refractivity contribution in [2.75, 3.05) is 11.5 Å². The molecule has 1 N–H and O–H groups in total. The number of hydrogen-bond acceptors (Lipinski definition) is 9. The predicted octanol–water partition coefficient (Wildman–Crippen LogP) is 8.27. The average molecular weight is 683 g/mol. The third-order valence-corrected chi connectivity index (χ3v) is 10.2. The molecule has 2 atom stereocenters. The molecule has 232 valence electrons. The lowest BCUT2D eigenvalue weighted by molar-refractivity contribution is -0.132. The number of unbranched alkanes of at least 4 members (excludes halogenated alkanes) is 1. The van der Waals surface area contributed by atoms with E-state index in [1.54, 1.807) is 36.4 Å². The van der Waals surface area contributed by atoms with Crippen molar-refractivity contribution in [3.8, 4) is 11.5 Å². The Bertz CT molecular complexity index is 1810. The van der Waals surface area contributed by atoms with Crippen molar-refractivity contribution >= 4 is 68.9 Å². The summed E-state index contributed by atoms with van der Waals surface area (Å²) in [6, 6.07) is 16.9. The molecule has 2 aliphatic heterocycles. The smallest absolute Gasteiger partial charge is 0.301 e. The van der Waals surface area contributed by atoms with Crippen LogP contribution in [-0.2, 0) is 21.8 Å². The number of anilines is 1. The Morgan fingerprint density at radius 2 is 1.98 bits per heavy atom.